The van der Waals surface area contributed by atoms with Crippen LogP contribution < -0.4 is 10.6 Å². The largest absolute Gasteiger partial charge is 0.325 e. The number of carbonyl (C=O) groups is 1. The number of anilines is 1. The van der Waals surface area contributed by atoms with Crippen molar-refractivity contribution in [2.45, 2.75) is 19.4 Å². The first-order valence-corrected chi connectivity index (χ1v) is 6.94. The van der Waals surface area contributed by atoms with Gasteiger partial charge in [-0.15, -0.1) is 0 Å². The van der Waals surface area contributed by atoms with Crippen molar-refractivity contribution in [1.82, 2.24) is 10.2 Å². The summed E-state index contributed by atoms with van der Waals surface area (Å²) in [6, 6.07) is 9.60. The van der Waals surface area contributed by atoms with Crippen LogP contribution in [0.25, 0.3) is 0 Å². The highest BCUT2D eigenvalue weighted by Crippen LogP contribution is 2.14. The second kappa shape index (κ2) is 7.04. The minimum atomic E-state index is -0.0431. The third-order valence-corrected chi connectivity index (χ3v) is 3.59. The summed E-state index contributed by atoms with van der Waals surface area (Å²) in [6.07, 6.45) is 0.449. The molecule has 2 N–H and O–H groups in total. The lowest BCUT2D eigenvalue weighted by Crippen LogP contribution is -2.50. The van der Waals surface area contributed by atoms with Gasteiger partial charge in [-0.1, -0.05) is 12.1 Å². The van der Waals surface area contributed by atoms with Crippen LogP contribution in [0.1, 0.15) is 18.9 Å². The number of benzene rings is 1. The Hall–Kier alpha value is -1.90. The van der Waals surface area contributed by atoms with Gasteiger partial charge in [-0.05, 0) is 19.1 Å². The zero-order valence-corrected chi connectivity index (χ0v) is 11.7. The summed E-state index contributed by atoms with van der Waals surface area (Å²) >= 11 is 0. The van der Waals surface area contributed by atoms with Gasteiger partial charge in [0.2, 0.25) is 5.91 Å². The zero-order valence-electron chi connectivity index (χ0n) is 11.7. The van der Waals surface area contributed by atoms with Gasteiger partial charge in [0.15, 0.2) is 0 Å². The molecule has 1 saturated heterocycles. The average molecular weight is 272 g/mol. The van der Waals surface area contributed by atoms with Crippen LogP contribution in [0.5, 0.6) is 0 Å². The Kier molecular flexibility index (Phi) is 5.10. The molecule has 0 saturated carbocycles. The second-order valence-corrected chi connectivity index (χ2v) is 5.04. The van der Waals surface area contributed by atoms with Gasteiger partial charge in [-0.25, -0.2) is 0 Å². The van der Waals surface area contributed by atoms with E-state index >= 15 is 0 Å². The van der Waals surface area contributed by atoms with E-state index in [1.54, 1.807) is 18.2 Å². The molecule has 0 radical (unpaired) electrons. The van der Waals surface area contributed by atoms with E-state index in [2.05, 4.69) is 28.5 Å². The predicted molar refractivity (Wildman–Crippen MR) is 78.3 cm³/mol. The van der Waals surface area contributed by atoms with Gasteiger partial charge < -0.3 is 10.6 Å². The number of nitriles is 1. The maximum Gasteiger partial charge on any atom is 0.225 e. The third kappa shape index (κ3) is 3.80. The number of hydrogen-bond donors (Lipinski definition) is 2. The Bertz CT molecular complexity index is 509. The van der Waals surface area contributed by atoms with Crippen molar-refractivity contribution >= 4 is 11.6 Å². The van der Waals surface area contributed by atoms with Crippen LogP contribution in [0.15, 0.2) is 24.3 Å². The monoisotopic (exact) mass is 272 g/mol. The molecule has 0 aromatic heterocycles. The fraction of sp³-hybridized carbons (Fsp3) is 0.467. The molecule has 5 nitrogen and oxygen atoms in total. The van der Waals surface area contributed by atoms with Crippen molar-refractivity contribution in [2.75, 3.05) is 31.5 Å². The number of hydrogen-bond acceptors (Lipinski definition) is 4. The third-order valence-electron chi connectivity index (χ3n) is 3.59. The summed E-state index contributed by atoms with van der Waals surface area (Å²) in [5.74, 6) is -0.0431. The van der Waals surface area contributed by atoms with Gasteiger partial charge >= 0.3 is 0 Å². The summed E-state index contributed by atoms with van der Waals surface area (Å²) < 4.78 is 0. The standard InChI is InChI=1S/C15H20N4O/c1-12-11-17-7-9-19(12)8-6-15(20)18-14-5-3-2-4-13(14)10-16/h2-5,12,17H,6-9,11H2,1H3,(H,18,20). The highest BCUT2D eigenvalue weighted by Gasteiger charge is 2.18. The molecule has 0 aliphatic carbocycles. The van der Waals surface area contributed by atoms with Gasteiger partial charge in [0.05, 0.1) is 11.3 Å². The van der Waals surface area contributed by atoms with Crippen molar-refractivity contribution in [1.29, 1.82) is 5.26 Å². The average Bonchev–Trinajstić information content (AvgIpc) is 2.47. The van der Waals surface area contributed by atoms with Gasteiger partial charge in [-0.2, -0.15) is 5.26 Å². The van der Waals surface area contributed by atoms with Crippen LogP contribution >= 0.6 is 0 Å². The van der Waals surface area contributed by atoms with Crippen molar-refractivity contribution in [3.8, 4) is 6.07 Å². The summed E-state index contributed by atoms with van der Waals surface area (Å²) in [7, 11) is 0. The Labute approximate surface area is 119 Å². The van der Waals surface area contributed by atoms with E-state index in [-0.39, 0.29) is 5.91 Å². The first kappa shape index (κ1) is 14.5. The SMILES string of the molecule is CC1CNCCN1CCC(=O)Nc1ccccc1C#N. The van der Waals surface area contributed by atoms with E-state index in [4.69, 9.17) is 5.26 Å². The van der Waals surface area contributed by atoms with Crippen LogP contribution in [0.3, 0.4) is 0 Å². The number of amides is 1. The molecular weight excluding hydrogens is 252 g/mol. The van der Waals surface area contributed by atoms with Crippen LogP contribution in [-0.4, -0.2) is 43.0 Å². The Morgan fingerprint density at radius 2 is 2.35 bits per heavy atom. The molecule has 1 aromatic rings. The molecule has 1 unspecified atom stereocenters. The summed E-state index contributed by atoms with van der Waals surface area (Å²) in [5.41, 5.74) is 1.09. The Morgan fingerprint density at radius 1 is 1.55 bits per heavy atom. The number of nitrogens with one attached hydrogen (secondary N) is 2. The second-order valence-electron chi connectivity index (χ2n) is 5.04. The molecule has 1 heterocycles. The van der Waals surface area contributed by atoms with Crippen LogP contribution in [0.4, 0.5) is 5.69 Å². The van der Waals surface area contributed by atoms with Crippen LogP contribution in [0.2, 0.25) is 0 Å². The molecule has 2 rings (SSSR count). The van der Waals surface area contributed by atoms with Gasteiger partial charge in [0.25, 0.3) is 0 Å². The Morgan fingerprint density at radius 3 is 3.10 bits per heavy atom. The molecule has 5 heteroatoms. The summed E-state index contributed by atoms with van der Waals surface area (Å²) in [4.78, 5) is 14.3. The maximum atomic E-state index is 12.0. The van der Waals surface area contributed by atoms with Crippen molar-refractivity contribution in [3.63, 3.8) is 0 Å². The molecule has 1 aliphatic heterocycles. The topological polar surface area (TPSA) is 68.2 Å². The van der Waals surface area contributed by atoms with Gasteiger partial charge in [-0.3, -0.25) is 9.69 Å². The molecule has 1 amide bonds. The molecule has 20 heavy (non-hydrogen) atoms. The lowest BCUT2D eigenvalue weighted by Gasteiger charge is -2.33. The van der Waals surface area contributed by atoms with E-state index in [1.807, 2.05) is 6.07 Å². The maximum absolute atomic E-state index is 12.0. The fourth-order valence-electron chi connectivity index (χ4n) is 2.36. The van der Waals surface area contributed by atoms with E-state index in [1.165, 1.54) is 0 Å². The highest BCUT2D eigenvalue weighted by molar-refractivity contribution is 5.92. The highest BCUT2D eigenvalue weighted by atomic mass is 16.1. The van der Waals surface area contributed by atoms with Crippen molar-refractivity contribution < 1.29 is 4.79 Å². The molecule has 0 bridgehead atoms. The predicted octanol–water partition coefficient (Wildman–Crippen LogP) is 1.18. The molecule has 0 spiro atoms. The number of rotatable bonds is 4. The zero-order chi connectivity index (χ0) is 14.4. The van der Waals surface area contributed by atoms with E-state index in [0.29, 0.717) is 23.7 Å². The fourth-order valence-corrected chi connectivity index (χ4v) is 2.36. The normalized spacial score (nSPS) is 19.3. The Balaban J connectivity index is 1.85. The number of carbonyl (C=O) groups excluding carboxylic acids is 1. The lowest BCUT2D eigenvalue weighted by atomic mass is 10.2. The number of piperazine rings is 1. The first-order valence-electron chi connectivity index (χ1n) is 6.94. The molecule has 1 atom stereocenters. The van der Waals surface area contributed by atoms with E-state index < -0.39 is 0 Å². The number of nitrogens with zero attached hydrogens (tertiary/aromatic N) is 2. The molecule has 1 aliphatic rings. The lowest BCUT2D eigenvalue weighted by molar-refractivity contribution is -0.116. The van der Waals surface area contributed by atoms with Gasteiger partial charge in [0, 0.05) is 38.6 Å². The van der Waals surface area contributed by atoms with E-state index in [9.17, 15) is 4.79 Å². The first-order chi connectivity index (χ1) is 9.70. The van der Waals surface area contributed by atoms with Gasteiger partial charge in [0.1, 0.15) is 6.07 Å². The molecule has 1 fully saturated rings. The minimum absolute atomic E-state index is 0.0431. The molecule has 1 aromatic carbocycles. The van der Waals surface area contributed by atoms with Crippen molar-refractivity contribution in [2.24, 2.45) is 0 Å². The molecular formula is C15H20N4O. The van der Waals surface area contributed by atoms with E-state index in [0.717, 1.165) is 26.2 Å². The quantitative estimate of drug-likeness (QED) is 0.863. The number of para-hydroxylation sites is 1. The van der Waals surface area contributed by atoms with Crippen LogP contribution in [0, 0.1) is 11.3 Å². The summed E-state index contributed by atoms with van der Waals surface area (Å²) in [6.45, 7) is 5.84. The smallest absolute Gasteiger partial charge is 0.225 e. The van der Waals surface area contributed by atoms with Crippen molar-refractivity contribution in [3.05, 3.63) is 29.8 Å². The molecule has 106 valence electrons. The van der Waals surface area contributed by atoms with Crippen LogP contribution in [-0.2, 0) is 4.79 Å². The summed E-state index contributed by atoms with van der Waals surface area (Å²) in [5, 5.41) is 15.1. The minimum Gasteiger partial charge on any atom is -0.325 e.